The van der Waals surface area contributed by atoms with Crippen LogP contribution in [0.2, 0.25) is 5.02 Å². The molecule has 0 bridgehead atoms. The Balaban J connectivity index is 1.68. The zero-order chi connectivity index (χ0) is 22.2. The number of benzene rings is 3. The van der Waals surface area contributed by atoms with Crippen LogP contribution in [0.5, 0.6) is 0 Å². The largest absolute Gasteiger partial charge is 0.451 e. The van der Waals surface area contributed by atoms with Gasteiger partial charge >= 0.3 is 5.91 Å². The first kappa shape index (κ1) is 21.0. The second kappa shape index (κ2) is 8.09. The van der Waals surface area contributed by atoms with Gasteiger partial charge in [0, 0.05) is 31.1 Å². The molecule has 158 valence electrons. The number of fused-ring (bicyclic) bond motifs is 1. The first-order valence-corrected chi connectivity index (χ1v) is 11.2. The van der Waals surface area contributed by atoms with Crippen LogP contribution >= 0.6 is 11.6 Å². The average Bonchev–Trinajstić information content (AvgIpc) is 3.16. The van der Waals surface area contributed by atoms with E-state index in [-0.39, 0.29) is 10.7 Å². The predicted molar refractivity (Wildman–Crippen MR) is 122 cm³/mol. The summed E-state index contributed by atoms with van der Waals surface area (Å²) in [7, 11) is -0.480. The van der Waals surface area contributed by atoms with Crippen molar-refractivity contribution in [3.63, 3.8) is 0 Å². The summed E-state index contributed by atoms with van der Waals surface area (Å²) < 4.78 is 33.8. The van der Waals surface area contributed by atoms with E-state index in [1.165, 1.54) is 12.1 Å². The van der Waals surface area contributed by atoms with Crippen LogP contribution < -0.4 is 9.62 Å². The van der Waals surface area contributed by atoms with E-state index in [0.29, 0.717) is 21.6 Å². The molecule has 0 aliphatic heterocycles. The first-order valence-electron chi connectivity index (χ1n) is 9.38. The maximum Gasteiger partial charge on any atom is 0.300 e. The number of hydrogen-bond donors (Lipinski definition) is 1. The number of halogens is 1. The predicted octanol–water partition coefficient (Wildman–Crippen LogP) is 4.94. The molecule has 0 radical (unpaired) electrons. The van der Waals surface area contributed by atoms with Gasteiger partial charge in [0.1, 0.15) is 5.58 Å². The van der Waals surface area contributed by atoms with E-state index < -0.39 is 15.9 Å². The van der Waals surface area contributed by atoms with Crippen molar-refractivity contribution >= 4 is 44.2 Å². The average molecular weight is 455 g/mol. The fraction of sp³-hybridized carbons (Fsp3) is 0.0870. The molecular formula is C23H19ClN2O4S. The Bertz CT molecular complexity index is 1380. The highest BCUT2D eigenvalue weighted by atomic mass is 35.5. The van der Waals surface area contributed by atoms with Gasteiger partial charge in [-0.15, -0.1) is 0 Å². The number of furan rings is 1. The Labute approximate surface area is 185 Å². The van der Waals surface area contributed by atoms with Gasteiger partial charge in [0.05, 0.1) is 15.6 Å². The number of hydrogen-bond acceptors (Lipinski definition) is 5. The van der Waals surface area contributed by atoms with Crippen molar-refractivity contribution in [3.8, 4) is 11.1 Å². The van der Waals surface area contributed by atoms with Crippen molar-refractivity contribution in [1.82, 2.24) is 4.72 Å². The Morgan fingerprint density at radius 2 is 1.65 bits per heavy atom. The summed E-state index contributed by atoms with van der Waals surface area (Å²) in [4.78, 5) is 14.5. The smallest absolute Gasteiger partial charge is 0.300 e. The van der Waals surface area contributed by atoms with E-state index in [1.807, 2.05) is 49.3 Å². The molecule has 6 nitrogen and oxygen atoms in total. The number of amides is 1. The van der Waals surface area contributed by atoms with Gasteiger partial charge < -0.3 is 9.32 Å². The van der Waals surface area contributed by atoms with Crippen LogP contribution in [-0.4, -0.2) is 28.4 Å². The molecule has 1 aromatic heterocycles. The third-order valence-electron chi connectivity index (χ3n) is 4.78. The maximum atomic E-state index is 13.0. The highest BCUT2D eigenvalue weighted by Gasteiger charge is 2.24. The third-order valence-corrected chi connectivity index (χ3v) is 6.47. The lowest BCUT2D eigenvalue weighted by Gasteiger charge is -2.13. The van der Waals surface area contributed by atoms with E-state index in [1.54, 1.807) is 30.3 Å². The topological polar surface area (TPSA) is 79.6 Å². The third kappa shape index (κ3) is 4.15. The number of nitrogens with one attached hydrogen (secondary N) is 1. The van der Waals surface area contributed by atoms with Crippen LogP contribution in [-0.2, 0) is 10.0 Å². The first-order chi connectivity index (χ1) is 14.8. The minimum absolute atomic E-state index is 0.00333. The molecule has 0 saturated heterocycles. The molecule has 0 unspecified atom stereocenters. The Hall–Kier alpha value is -3.29. The minimum atomic E-state index is -4.15. The number of anilines is 1. The molecule has 0 aliphatic carbocycles. The van der Waals surface area contributed by atoms with Gasteiger partial charge in [-0.25, -0.2) is 13.1 Å². The summed E-state index contributed by atoms with van der Waals surface area (Å²) in [5.41, 5.74) is 2.38. The van der Waals surface area contributed by atoms with Crippen molar-refractivity contribution < 1.29 is 17.6 Å². The maximum absolute atomic E-state index is 13.0. The Kier molecular flexibility index (Phi) is 5.47. The molecule has 0 aliphatic rings. The summed E-state index contributed by atoms with van der Waals surface area (Å²) >= 11 is 6.27. The van der Waals surface area contributed by atoms with Crippen LogP contribution in [0.4, 0.5) is 5.69 Å². The van der Waals surface area contributed by atoms with Crippen molar-refractivity contribution in [3.05, 3.63) is 83.6 Å². The van der Waals surface area contributed by atoms with Crippen LogP contribution in [0.1, 0.15) is 10.6 Å². The minimum Gasteiger partial charge on any atom is -0.451 e. The Morgan fingerprint density at radius 3 is 2.35 bits per heavy atom. The van der Waals surface area contributed by atoms with Crippen molar-refractivity contribution in [2.75, 3.05) is 19.0 Å². The number of carbonyl (C=O) groups excluding carboxylic acids is 1. The molecule has 3 aromatic carbocycles. The van der Waals surface area contributed by atoms with Gasteiger partial charge in [-0.2, -0.15) is 0 Å². The fourth-order valence-corrected chi connectivity index (χ4v) is 4.82. The van der Waals surface area contributed by atoms with Crippen molar-refractivity contribution in [2.45, 2.75) is 4.90 Å². The summed E-state index contributed by atoms with van der Waals surface area (Å²) in [6.07, 6.45) is 0. The SMILES string of the molecule is CN(C)c1cc2oc(C(=O)NS(=O)(=O)c3ccccc3-c3ccccc3)cc2cc1Cl. The van der Waals surface area contributed by atoms with Crippen LogP contribution in [0, 0.1) is 0 Å². The molecule has 0 saturated carbocycles. The van der Waals surface area contributed by atoms with E-state index in [2.05, 4.69) is 4.72 Å². The van der Waals surface area contributed by atoms with Crippen LogP contribution in [0.25, 0.3) is 22.1 Å². The molecule has 8 heteroatoms. The molecular weight excluding hydrogens is 436 g/mol. The lowest BCUT2D eigenvalue weighted by molar-refractivity contribution is 0.0956. The van der Waals surface area contributed by atoms with Crippen LogP contribution in [0.3, 0.4) is 0 Å². The van der Waals surface area contributed by atoms with Crippen LogP contribution in [0.15, 0.2) is 82.1 Å². The summed E-state index contributed by atoms with van der Waals surface area (Å²) in [5, 5.41) is 1.09. The highest BCUT2D eigenvalue weighted by molar-refractivity contribution is 7.90. The highest BCUT2D eigenvalue weighted by Crippen LogP contribution is 2.32. The zero-order valence-corrected chi connectivity index (χ0v) is 18.4. The van der Waals surface area contributed by atoms with E-state index >= 15 is 0 Å². The monoisotopic (exact) mass is 454 g/mol. The molecule has 0 spiro atoms. The van der Waals surface area contributed by atoms with E-state index in [9.17, 15) is 13.2 Å². The molecule has 4 aromatic rings. The van der Waals surface area contributed by atoms with Gasteiger partial charge in [0.2, 0.25) is 0 Å². The number of rotatable bonds is 5. The molecule has 1 amide bonds. The summed E-state index contributed by atoms with van der Waals surface area (Å²) in [5.74, 6) is -0.982. The summed E-state index contributed by atoms with van der Waals surface area (Å²) in [6, 6.07) is 20.4. The molecule has 0 atom stereocenters. The van der Waals surface area contributed by atoms with Gasteiger partial charge in [0.25, 0.3) is 10.0 Å². The van der Waals surface area contributed by atoms with E-state index in [4.69, 9.17) is 16.0 Å². The second-order valence-electron chi connectivity index (χ2n) is 7.14. The lowest BCUT2D eigenvalue weighted by Crippen LogP contribution is -2.30. The van der Waals surface area contributed by atoms with Gasteiger partial charge in [-0.05, 0) is 23.8 Å². The second-order valence-corrected chi connectivity index (χ2v) is 9.20. The standard InChI is InChI=1S/C23H19ClN2O4S/c1-26(2)19-14-20-16(12-18(19)24)13-21(30-20)23(27)25-31(28,29)22-11-7-6-10-17(22)15-8-4-3-5-9-15/h3-14H,1-2H3,(H,25,27). The van der Waals surface area contributed by atoms with Gasteiger partial charge in [0.15, 0.2) is 5.76 Å². The quantitative estimate of drug-likeness (QED) is 0.462. The zero-order valence-electron chi connectivity index (χ0n) is 16.8. The Morgan fingerprint density at radius 1 is 0.968 bits per heavy atom. The number of sulfonamides is 1. The normalized spacial score (nSPS) is 11.5. The van der Waals surface area contributed by atoms with E-state index in [0.717, 1.165) is 11.3 Å². The molecule has 1 N–H and O–H groups in total. The molecule has 31 heavy (non-hydrogen) atoms. The summed E-state index contributed by atoms with van der Waals surface area (Å²) in [6.45, 7) is 0. The van der Waals surface area contributed by atoms with Crippen molar-refractivity contribution in [1.29, 1.82) is 0 Å². The fourth-order valence-electron chi connectivity index (χ4n) is 3.29. The van der Waals surface area contributed by atoms with Gasteiger partial charge in [-0.3, -0.25) is 4.79 Å². The lowest BCUT2D eigenvalue weighted by atomic mass is 10.1. The molecule has 0 fully saturated rings. The van der Waals surface area contributed by atoms with Crippen molar-refractivity contribution in [2.24, 2.45) is 0 Å². The number of nitrogens with zero attached hydrogens (tertiary/aromatic N) is 1. The van der Waals surface area contributed by atoms with Gasteiger partial charge in [-0.1, -0.05) is 60.1 Å². The molecule has 1 heterocycles. The number of carbonyl (C=O) groups is 1. The molecule has 4 rings (SSSR count).